The van der Waals surface area contributed by atoms with Crippen LogP contribution in [0.5, 0.6) is 0 Å². The molecule has 1 aliphatic heterocycles. The smallest absolute Gasteiger partial charge is 0.108 e. The van der Waals surface area contributed by atoms with Gasteiger partial charge < -0.3 is 9.84 Å². The van der Waals surface area contributed by atoms with E-state index in [2.05, 4.69) is 5.32 Å². The molecular formula is C22H39NO2. The minimum Gasteiger partial charge on any atom is -0.381 e. The van der Waals surface area contributed by atoms with Gasteiger partial charge >= 0.3 is 0 Å². The van der Waals surface area contributed by atoms with Crippen LogP contribution in [0.4, 0.5) is 0 Å². The van der Waals surface area contributed by atoms with Crippen molar-refractivity contribution in [2.24, 2.45) is 29.6 Å². The monoisotopic (exact) mass is 349 g/mol. The fraction of sp³-hybridized carbons (Fsp3) is 1.00. The highest BCUT2D eigenvalue weighted by Crippen LogP contribution is 2.46. The Kier molecular flexibility index (Phi) is 6.04. The summed E-state index contributed by atoms with van der Waals surface area (Å²) < 4.78 is 5.92. The van der Waals surface area contributed by atoms with Gasteiger partial charge in [-0.2, -0.15) is 0 Å². The first kappa shape index (κ1) is 18.3. The lowest BCUT2D eigenvalue weighted by molar-refractivity contribution is -0.0316. The molecule has 3 saturated carbocycles. The van der Waals surface area contributed by atoms with Crippen molar-refractivity contribution in [1.82, 2.24) is 5.32 Å². The SMILES string of the molecule is COC1CCC(CC2C(O)N[C@H]3CCCC[C@@H]23)CC1C1CCCCC1. The molecule has 3 heteroatoms. The molecule has 1 saturated heterocycles. The van der Waals surface area contributed by atoms with Crippen molar-refractivity contribution in [3.63, 3.8) is 0 Å². The zero-order chi connectivity index (χ0) is 17.2. The Morgan fingerprint density at radius 1 is 0.880 bits per heavy atom. The molecule has 2 N–H and O–H groups in total. The highest BCUT2D eigenvalue weighted by molar-refractivity contribution is 4.97. The van der Waals surface area contributed by atoms with E-state index in [4.69, 9.17) is 4.74 Å². The van der Waals surface area contributed by atoms with Gasteiger partial charge in [-0.05, 0) is 62.2 Å². The molecule has 0 amide bonds. The molecule has 1 heterocycles. The van der Waals surface area contributed by atoms with Gasteiger partial charge in [0.05, 0.1) is 6.10 Å². The normalized spacial score (nSPS) is 46.1. The van der Waals surface area contributed by atoms with Crippen LogP contribution in [0.15, 0.2) is 0 Å². The highest BCUT2D eigenvalue weighted by atomic mass is 16.5. The Morgan fingerprint density at radius 2 is 1.64 bits per heavy atom. The summed E-state index contributed by atoms with van der Waals surface area (Å²) >= 11 is 0. The number of fused-ring (bicyclic) bond motifs is 1. The highest BCUT2D eigenvalue weighted by Gasteiger charge is 2.45. The molecule has 3 aliphatic carbocycles. The van der Waals surface area contributed by atoms with Crippen LogP contribution in [0.3, 0.4) is 0 Å². The first-order valence-corrected chi connectivity index (χ1v) is 11.2. The topological polar surface area (TPSA) is 41.5 Å². The Balaban J connectivity index is 1.38. The van der Waals surface area contributed by atoms with Gasteiger partial charge in [-0.25, -0.2) is 0 Å². The predicted octanol–water partition coefficient (Wildman–Crippen LogP) is 4.48. The number of ether oxygens (including phenoxy) is 1. The van der Waals surface area contributed by atoms with E-state index in [0.29, 0.717) is 18.1 Å². The quantitative estimate of drug-likeness (QED) is 0.786. The first-order valence-electron chi connectivity index (χ1n) is 11.2. The molecule has 0 aromatic carbocycles. The summed E-state index contributed by atoms with van der Waals surface area (Å²) in [5.74, 6) is 3.71. The van der Waals surface area contributed by atoms with Crippen molar-refractivity contribution < 1.29 is 9.84 Å². The van der Waals surface area contributed by atoms with E-state index in [1.165, 1.54) is 83.5 Å². The van der Waals surface area contributed by atoms with Crippen LogP contribution >= 0.6 is 0 Å². The minimum absolute atomic E-state index is 0.249. The van der Waals surface area contributed by atoms with Gasteiger partial charge in [-0.3, -0.25) is 5.32 Å². The molecule has 4 fully saturated rings. The van der Waals surface area contributed by atoms with E-state index in [-0.39, 0.29) is 6.23 Å². The summed E-state index contributed by atoms with van der Waals surface area (Å²) in [4.78, 5) is 0. The largest absolute Gasteiger partial charge is 0.381 e. The van der Waals surface area contributed by atoms with E-state index in [0.717, 1.165) is 23.7 Å². The molecule has 0 aromatic heterocycles. The van der Waals surface area contributed by atoms with E-state index in [9.17, 15) is 5.11 Å². The Morgan fingerprint density at radius 3 is 2.44 bits per heavy atom. The Labute approximate surface area is 154 Å². The van der Waals surface area contributed by atoms with Crippen LogP contribution < -0.4 is 5.32 Å². The fourth-order valence-electron chi connectivity index (χ4n) is 6.98. The minimum atomic E-state index is -0.249. The molecule has 5 unspecified atom stereocenters. The molecule has 7 atom stereocenters. The zero-order valence-corrected chi connectivity index (χ0v) is 16.2. The lowest BCUT2D eigenvalue weighted by Gasteiger charge is -2.42. The summed E-state index contributed by atoms with van der Waals surface area (Å²) in [5.41, 5.74) is 0. The molecule has 25 heavy (non-hydrogen) atoms. The number of hydrogen-bond donors (Lipinski definition) is 2. The molecule has 0 bridgehead atoms. The molecule has 0 spiro atoms. The van der Waals surface area contributed by atoms with Gasteiger partial charge in [0, 0.05) is 19.1 Å². The standard InChI is InChI=1S/C22H39NO2/c1-25-21-12-11-15(13-18(21)16-7-3-2-4-8-16)14-19-17-9-5-6-10-20(17)23-22(19)24/h15-24H,2-14H2,1H3/t15?,17-,18?,19?,20-,21?,22?/m0/s1. The number of aliphatic hydroxyl groups is 1. The lowest BCUT2D eigenvalue weighted by atomic mass is 9.66. The van der Waals surface area contributed by atoms with Crippen molar-refractivity contribution in [2.45, 2.75) is 102 Å². The van der Waals surface area contributed by atoms with Crippen molar-refractivity contribution >= 4 is 0 Å². The summed E-state index contributed by atoms with van der Waals surface area (Å²) in [7, 11) is 1.93. The average molecular weight is 350 g/mol. The van der Waals surface area contributed by atoms with Crippen molar-refractivity contribution in [1.29, 1.82) is 0 Å². The number of methoxy groups -OCH3 is 1. The van der Waals surface area contributed by atoms with E-state index in [1.807, 2.05) is 7.11 Å². The maximum atomic E-state index is 10.6. The van der Waals surface area contributed by atoms with Gasteiger partial charge in [0.15, 0.2) is 0 Å². The van der Waals surface area contributed by atoms with Gasteiger partial charge in [-0.1, -0.05) is 44.9 Å². The predicted molar refractivity (Wildman–Crippen MR) is 101 cm³/mol. The van der Waals surface area contributed by atoms with Crippen LogP contribution in [0.2, 0.25) is 0 Å². The van der Waals surface area contributed by atoms with E-state index >= 15 is 0 Å². The zero-order valence-electron chi connectivity index (χ0n) is 16.2. The van der Waals surface area contributed by atoms with Gasteiger partial charge in [-0.15, -0.1) is 0 Å². The summed E-state index contributed by atoms with van der Waals surface area (Å²) in [6.45, 7) is 0. The maximum Gasteiger partial charge on any atom is 0.108 e. The first-order chi connectivity index (χ1) is 12.3. The molecule has 0 radical (unpaired) electrons. The van der Waals surface area contributed by atoms with Gasteiger partial charge in [0.1, 0.15) is 6.23 Å². The number of rotatable bonds is 4. The third-order valence-electron chi connectivity index (χ3n) is 8.27. The number of hydrogen-bond acceptors (Lipinski definition) is 3. The fourth-order valence-corrected chi connectivity index (χ4v) is 6.98. The van der Waals surface area contributed by atoms with E-state index < -0.39 is 0 Å². The Hall–Kier alpha value is -0.120. The molecule has 144 valence electrons. The second kappa shape index (κ2) is 8.27. The number of nitrogens with one attached hydrogen (secondary N) is 1. The summed E-state index contributed by atoms with van der Waals surface area (Å²) in [5, 5.41) is 14.1. The molecule has 4 aliphatic rings. The second-order valence-electron chi connectivity index (χ2n) is 9.58. The average Bonchev–Trinajstić information content (AvgIpc) is 2.98. The molecule has 4 rings (SSSR count). The van der Waals surface area contributed by atoms with Crippen molar-refractivity contribution in [3.8, 4) is 0 Å². The Bertz CT molecular complexity index is 422. The maximum absolute atomic E-state index is 10.6. The lowest BCUT2D eigenvalue weighted by Crippen LogP contribution is -2.38. The third-order valence-corrected chi connectivity index (χ3v) is 8.27. The van der Waals surface area contributed by atoms with E-state index in [1.54, 1.807) is 0 Å². The van der Waals surface area contributed by atoms with Crippen LogP contribution in [-0.4, -0.2) is 30.6 Å². The van der Waals surface area contributed by atoms with Crippen LogP contribution in [0, 0.1) is 29.6 Å². The second-order valence-corrected chi connectivity index (χ2v) is 9.58. The molecule has 3 nitrogen and oxygen atoms in total. The third kappa shape index (κ3) is 3.94. The van der Waals surface area contributed by atoms with Crippen LogP contribution in [-0.2, 0) is 4.74 Å². The van der Waals surface area contributed by atoms with Gasteiger partial charge in [0.25, 0.3) is 0 Å². The van der Waals surface area contributed by atoms with Crippen LogP contribution in [0.1, 0.15) is 83.5 Å². The summed E-state index contributed by atoms with van der Waals surface area (Å²) in [6, 6.07) is 0.596. The molecule has 0 aromatic rings. The molecular weight excluding hydrogens is 310 g/mol. The van der Waals surface area contributed by atoms with Crippen molar-refractivity contribution in [3.05, 3.63) is 0 Å². The summed E-state index contributed by atoms with van der Waals surface area (Å²) in [6.07, 6.45) is 17.9. The van der Waals surface area contributed by atoms with Gasteiger partial charge in [0.2, 0.25) is 0 Å². The number of aliphatic hydroxyl groups excluding tert-OH is 1. The van der Waals surface area contributed by atoms with Crippen LogP contribution in [0.25, 0.3) is 0 Å². The van der Waals surface area contributed by atoms with Crippen molar-refractivity contribution in [2.75, 3.05) is 7.11 Å².